The molecule has 1 aromatic heterocycles. The number of aromatic amines is 1. The lowest BCUT2D eigenvalue weighted by molar-refractivity contribution is -0.130. The van der Waals surface area contributed by atoms with Crippen molar-refractivity contribution in [1.82, 2.24) is 10.4 Å². The number of benzene rings is 2. The Bertz CT molecular complexity index is 1050. The van der Waals surface area contributed by atoms with Crippen LogP contribution in [-0.4, -0.2) is 29.8 Å². The van der Waals surface area contributed by atoms with Crippen LogP contribution in [0.2, 0.25) is 0 Å². The number of amides is 1. The maximum Gasteiger partial charge on any atom is 0.284 e. The number of carbonyl (C=O) groups is 1. The summed E-state index contributed by atoms with van der Waals surface area (Å²) in [4.78, 5) is 15.6. The van der Waals surface area contributed by atoms with Crippen molar-refractivity contribution in [3.8, 4) is 11.5 Å². The van der Waals surface area contributed by atoms with Gasteiger partial charge in [0.15, 0.2) is 11.5 Å². The predicted molar refractivity (Wildman–Crippen MR) is 109 cm³/mol. The standard InChI is InChI=1S/C22H23N3O3/c1-22(2,3)15-8-9-18-19(10-15)28-20(13-27-18)21(26)25-24-12-14-11-23-17-7-5-4-6-16(14)17/h4-12,20,23H,13H2,1-3H3,(H,25,26)/b24-12-/t20-/m0/s1. The molecule has 0 spiro atoms. The lowest BCUT2D eigenvalue weighted by Gasteiger charge is -2.27. The molecule has 4 rings (SSSR count). The van der Waals surface area contributed by atoms with Gasteiger partial charge < -0.3 is 14.5 Å². The minimum atomic E-state index is -0.747. The van der Waals surface area contributed by atoms with Gasteiger partial charge in [-0.25, -0.2) is 5.43 Å². The van der Waals surface area contributed by atoms with Gasteiger partial charge in [-0.2, -0.15) is 5.10 Å². The van der Waals surface area contributed by atoms with Gasteiger partial charge in [0.05, 0.1) is 6.21 Å². The number of nitrogens with one attached hydrogen (secondary N) is 2. The van der Waals surface area contributed by atoms with Crippen molar-refractivity contribution in [1.29, 1.82) is 0 Å². The highest BCUT2D eigenvalue weighted by molar-refractivity contribution is 5.99. The van der Waals surface area contributed by atoms with Crippen LogP contribution < -0.4 is 14.9 Å². The summed E-state index contributed by atoms with van der Waals surface area (Å²) < 4.78 is 11.6. The van der Waals surface area contributed by atoms with E-state index in [2.05, 4.69) is 36.3 Å². The van der Waals surface area contributed by atoms with Crippen LogP contribution in [0, 0.1) is 0 Å². The lowest BCUT2D eigenvalue weighted by atomic mass is 9.87. The molecule has 1 aliphatic heterocycles. The first-order valence-electron chi connectivity index (χ1n) is 9.25. The number of nitrogens with zero attached hydrogens (tertiary/aromatic N) is 1. The third-order valence-corrected chi connectivity index (χ3v) is 4.76. The zero-order valence-corrected chi connectivity index (χ0v) is 16.2. The van der Waals surface area contributed by atoms with Gasteiger partial charge in [-0.05, 0) is 29.2 Å². The monoisotopic (exact) mass is 377 g/mol. The van der Waals surface area contributed by atoms with Gasteiger partial charge in [-0.15, -0.1) is 0 Å². The fourth-order valence-electron chi connectivity index (χ4n) is 3.11. The lowest BCUT2D eigenvalue weighted by Crippen LogP contribution is -2.42. The number of fused-ring (bicyclic) bond motifs is 2. The Morgan fingerprint density at radius 1 is 1.21 bits per heavy atom. The van der Waals surface area contributed by atoms with Crippen LogP contribution in [0.4, 0.5) is 0 Å². The van der Waals surface area contributed by atoms with Crippen molar-refractivity contribution >= 4 is 23.0 Å². The molecule has 0 radical (unpaired) electrons. The molecule has 3 aromatic rings. The third-order valence-electron chi connectivity index (χ3n) is 4.76. The zero-order chi connectivity index (χ0) is 19.7. The second-order valence-electron chi connectivity index (χ2n) is 7.85. The molecule has 1 amide bonds. The van der Waals surface area contributed by atoms with Crippen molar-refractivity contribution in [3.63, 3.8) is 0 Å². The summed E-state index contributed by atoms with van der Waals surface area (Å²) in [6, 6.07) is 13.8. The highest BCUT2D eigenvalue weighted by atomic mass is 16.6. The molecule has 0 unspecified atom stereocenters. The van der Waals surface area contributed by atoms with E-state index in [9.17, 15) is 4.79 Å². The number of hydrazone groups is 1. The van der Waals surface area contributed by atoms with Gasteiger partial charge in [-0.1, -0.05) is 45.0 Å². The summed E-state index contributed by atoms with van der Waals surface area (Å²) in [5.41, 5.74) is 5.56. The smallest absolute Gasteiger partial charge is 0.284 e. The van der Waals surface area contributed by atoms with Crippen LogP contribution in [0.15, 0.2) is 53.8 Å². The molecule has 0 bridgehead atoms. The molecular weight excluding hydrogens is 354 g/mol. The van der Waals surface area contributed by atoms with Gasteiger partial charge >= 0.3 is 0 Å². The molecule has 6 nitrogen and oxygen atoms in total. The van der Waals surface area contributed by atoms with Gasteiger partial charge in [0, 0.05) is 22.7 Å². The van der Waals surface area contributed by atoms with Crippen LogP contribution in [0.5, 0.6) is 11.5 Å². The SMILES string of the molecule is CC(C)(C)c1ccc2c(c1)O[C@H](C(=O)N/N=C\c1c[nH]c3ccccc13)CO2. The van der Waals surface area contributed by atoms with Gasteiger partial charge in [0.25, 0.3) is 5.91 Å². The fourth-order valence-corrected chi connectivity index (χ4v) is 3.11. The normalized spacial score (nSPS) is 16.5. The third kappa shape index (κ3) is 3.58. The van der Waals surface area contributed by atoms with Gasteiger partial charge in [-0.3, -0.25) is 4.79 Å². The minimum absolute atomic E-state index is 0.0166. The van der Waals surface area contributed by atoms with Crippen molar-refractivity contribution in [2.24, 2.45) is 5.10 Å². The summed E-state index contributed by atoms with van der Waals surface area (Å²) >= 11 is 0. The van der Waals surface area contributed by atoms with E-state index in [0.29, 0.717) is 11.5 Å². The molecule has 2 N–H and O–H groups in total. The Kier molecular flexibility index (Phi) is 4.55. The van der Waals surface area contributed by atoms with Crippen LogP contribution >= 0.6 is 0 Å². The molecular formula is C22H23N3O3. The Balaban J connectivity index is 1.43. The summed E-state index contributed by atoms with van der Waals surface area (Å²) in [7, 11) is 0. The molecule has 144 valence electrons. The number of hydrogen-bond acceptors (Lipinski definition) is 4. The largest absolute Gasteiger partial charge is 0.485 e. The van der Waals surface area contributed by atoms with Gasteiger partial charge in [0.2, 0.25) is 6.10 Å². The maximum atomic E-state index is 12.4. The summed E-state index contributed by atoms with van der Waals surface area (Å²) in [6.07, 6.45) is 2.72. The average molecular weight is 377 g/mol. The molecule has 1 aliphatic rings. The molecule has 1 atom stereocenters. The first-order valence-corrected chi connectivity index (χ1v) is 9.25. The average Bonchev–Trinajstić information content (AvgIpc) is 3.09. The van der Waals surface area contributed by atoms with Crippen molar-refractivity contribution < 1.29 is 14.3 Å². The molecule has 2 heterocycles. The highest BCUT2D eigenvalue weighted by Crippen LogP contribution is 2.36. The van der Waals surface area contributed by atoms with E-state index in [-0.39, 0.29) is 17.9 Å². The van der Waals surface area contributed by atoms with E-state index in [1.54, 1.807) is 6.21 Å². The van der Waals surface area contributed by atoms with E-state index in [0.717, 1.165) is 22.0 Å². The van der Waals surface area contributed by atoms with E-state index >= 15 is 0 Å². The Morgan fingerprint density at radius 2 is 2.04 bits per heavy atom. The minimum Gasteiger partial charge on any atom is -0.485 e. The van der Waals surface area contributed by atoms with Crippen molar-refractivity contribution in [3.05, 3.63) is 59.8 Å². The molecule has 0 saturated heterocycles. The Hall–Kier alpha value is -3.28. The van der Waals surface area contributed by atoms with Crippen LogP contribution in [0.3, 0.4) is 0 Å². The second kappa shape index (κ2) is 7.03. The molecule has 0 aliphatic carbocycles. The first-order chi connectivity index (χ1) is 13.4. The molecule has 28 heavy (non-hydrogen) atoms. The number of para-hydroxylation sites is 1. The van der Waals surface area contributed by atoms with E-state index in [1.807, 2.05) is 48.7 Å². The van der Waals surface area contributed by atoms with E-state index < -0.39 is 6.10 Å². The molecule has 0 saturated carbocycles. The molecule has 0 fully saturated rings. The van der Waals surface area contributed by atoms with E-state index in [1.165, 1.54) is 0 Å². The quantitative estimate of drug-likeness (QED) is 0.539. The summed E-state index contributed by atoms with van der Waals surface area (Å²) in [5.74, 6) is 0.890. The Morgan fingerprint density at radius 3 is 2.86 bits per heavy atom. The zero-order valence-electron chi connectivity index (χ0n) is 16.2. The summed E-state index contributed by atoms with van der Waals surface area (Å²) in [6.45, 7) is 6.53. The van der Waals surface area contributed by atoms with Crippen LogP contribution in [0.1, 0.15) is 31.9 Å². The predicted octanol–water partition coefficient (Wildman–Crippen LogP) is 3.76. The fraction of sp³-hybridized carbons (Fsp3) is 0.273. The Labute approximate surface area is 163 Å². The number of hydrogen-bond donors (Lipinski definition) is 2. The number of ether oxygens (including phenoxy) is 2. The number of rotatable bonds is 3. The number of carbonyl (C=O) groups excluding carboxylic acids is 1. The van der Waals surface area contributed by atoms with E-state index in [4.69, 9.17) is 9.47 Å². The van der Waals surface area contributed by atoms with Crippen LogP contribution in [-0.2, 0) is 10.2 Å². The first kappa shape index (κ1) is 18.1. The van der Waals surface area contributed by atoms with Crippen molar-refractivity contribution in [2.45, 2.75) is 32.3 Å². The van der Waals surface area contributed by atoms with Crippen molar-refractivity contribution in [2.75, 3.05) is 6.61 Å². The topological polar surface area (TPSA) is 75.7 Å². The highest BCUT2D eigenvalue weighted by Gasteiger charge is 2.28. The maximum absolute atomic E-state index is 12.4. The second-order valence-corrected chi connectivity index (χ2v) is 7.85. The number of aromatic nitrogens is 1. The molecule has 2 aromatic carbocycles. The van der Waals surface area contributed by atoms with Gasteiger partial charge in [0.1, 0.15) is 6.61 Å². The van der Waals surface area contributed by atoms with Crippen LogP contribution in [0.25, 0.3) is 10.9 Å². The number of H-pyrrole nitrogens is 1. The molecule has 6 heteroatoms. The summed E-state index contributed by atoms with van der Waals surface area (Å²) in [5, 5.41) is 5.11.